The zero-order chi connectivity index (χ0) is 14.0. The molecule has 0 saturated carbocycles. The molecule has 0 atom stereocenters. The highest BCUT2D eigenvalue weighted by Gasteiger charge is 2.31. The maximum atomic E-state index is 12.0. The maximum absolute atomic E-state index is 12.0. The molecule has 102 valence electrons. The fourth-order valence-corrected chi connectivity index (χ4v) is 1.73. The molecular formula is C10H12F3NO3S. The second-order valence-electron chi connectivity index (χ2n) is 3.77. The second-order valence-corrected chi connectivity index (χ2v) is 6.01. The minimum Gasteiger partial charge on any atom is -0.406 e. The molecule has 0 saturated heterocycles. The van der Waals surface area contributed by atoms with E-state index in [1.807, 2.05) is 0 Å². The molecule has 18 heavy (non-hydrogen) atoms. The van der Waals surface area contributed by atoms with Gasteiger partial charge in [-0.05, 0) is 26.0 Å². The van der Waals surface area contributed by atoms with E-state index in [9.17, 15) is 21.6 Å². The highest BCUT2D eigenvalue weighted by atomic mass is 32.2. The van der Waals surface area contributed by atoms with Crippen LogP contribution in [0, 0.1) is 0 Å². The van der Waals surface area contributed by atoms with Crippen LogP contribution in [0.5, 0.6) is 5.75 Å². The van der Waals surface area contributed by atoms with Gasteiger partial charge in [-0.2, -0.15) is 0 Å². The van der Waals surface area contributed by atoms with Gasteiger partial charge in [0.1, 0.15) is 5.75 Å². The Morgan fingerprint density at radius 2 is 1.89 bits per heavy atom. The van der Waals surface area contributed by atoms with Crippen LogP contribution in [0.3, 0.4) is 0 Å². The van der Waals surface area contributed by atoms with Crippen molar-refractivity contribution in [2.24, 2.45) is 0 Å². The summed E-state index contributed by atoms with van der Waals surface area (Å²) in [6.07, 6.45) is -4.81. The third kappa shape index (κ3) is 4.44. The Hall–Kier alpha value is -1.44. The van der Waals surface area contributed by atoms with Gasteiger partial charge in [-0.1, -0.05) is 6.07 Å². The fraction of sp³-hybridized carbons (Fsp3) is 0.400. The highest BCUT2D eigenvalue weighted by Crippen LogP contribution is 2.25. The number of hydrogen-bond donors (Lipinski definition) is 1. The third-order valence-electron chi connectivity index (χ3n) is 1.95. The molecule has 0 aliphatic rings. The van der Waals surface area contributed by atoms with Crippen molar-refractivity contribution in [3.63, 3.8) is 0 Å². The van der Waals surface area contributed by atoms with Gasteiger partial charge in [-0.3, -0.25) is 4.72 Å². The Kier molecular flexibility index (Phi) is 4.10. The largest absolute Gasteiger partial charge is 0.573 e. The average Bonchev–Trinajstić information content (AvgIpc) is 2.13. The van der Waals surface area contributed by atoms with E-state index in [4.69, 9.17) is 0 Å². The molecule has 0 aliphatic carbocycles. The van der Waals surface area contributed by atoms with Crippen molar-refractivity contribution in [2.75, 3.05) is 4.72 Å². The summed E-state index contributed by atoms with van der Waals surface area (Å²) in [6.45, 7) is 2.91. The van der Waals surface area contributed by atoms with Crippen LogP contribution in [0.1, 0.15) is 13.8 Å². The van der Waals surface area contributed by atoms with Gasteiger partial charge >= 0.3 is 6.36 Å². The van der Waals surface area contributed by atoms with Gasteiger partial charge in [0.05, 0.1) is 10.9 Å². The predicted octanol–water partition coefficient (Wildman–Crippen LogP) is 2.74. The maximum Gasteiger partial charge on any atom is 0.573 e. The van der Waals surface area contributed by atoms with E-state index < -0.39 is 27.4 Å². The van der Waals surface area contributed by atoms with Crippen LogP contribution in [0.15, 0.2) is 24.3 Å². The van der Waals surface area contributed by atoms with E-state index in [1.165, 1.54) is 26.0 Å². The number of alkyl halides is 3. The van der Waals surface area contributed by atoms with Gasteiger partial charge in [0, 0.05) is 6.07 Å². The molecule has 0 aliphatic heterocycles. The van der Waals surface area contributed by atoms with Crippen LogP contribution in [0.4, 0.5) is 18.9 Å². The lowest BCUT2D eigenvalue weighted by Gasteiger charge is -2.13. The van der Waals surface area contributed by atoms with Gasteiger partial charge in [0.15, 0.2) is 0 Å². The number of anilines is 1. The molecule has 0 fully saturated rings. The van der Waals surface area contributed by atoms with Crippen LogP contribution < -0.4 is 9.46 Å². The van der Waals surface area contributed by atoms with E-state index in [0.717, 1.165) is 12.1 Å². The molecule has 1 N–H and O–H groups in total. The summed E-state index contributed by atoms with van der Waals surface area (Å²) < 4.78 is 64.8. The van der Waals surface area contributed by atoms with Crippen molar-refractivity contribution in [2.45, 2.75) is 25.5 Å². The standard InChI is InChI=1S/C10H12F3NO3S/c1-7(2)18(15,16)14-8-4-3-5-9(6-8)17-10(11,12)13/h3-7,14H,1-2H3. The van der Waals surface area contributed by atoms with Crippen molar-refractivity contribution in [1.82, 2.24) is 0 Å². The van der Waals surface area contributed by atoms with E-state index in [-0.39, 0.29) is 5.69 Å². The molecule has 0 bridgehead atoms. The van der Waals surface area contributed by atoms with E-state index in [1.54, 1.807) is 0 Å². The van der Waals surface area contributed by atoms with Crippen LogP contribution in [-0.4, -0.2) is 20.0 Å². The van der Waals surface area contributed by atoms with Gasteiger partial charge < -0.3 is 4.74 Å². The quantitative estimate of drug-likeness (QED) is 0.924. The Morgan fingerprint density at radius 1 is 1.28 bits per heavy atom. The molecule has 1 aromatic carbocycles. The third-order valence-corrected chi connectivity index (χ3v) is 3.71. The van der Waals surface area contributed by atoms with E-state index >= 15 is 0 Å². The SMILES string of the molecule is CC(C)S(=O)(=O)Nc1cccc(OC(F)(F)F)c1. The molecule has 0 radical (unpaired) electrons. The number of hydrogen-bond acceptors (Lipinski definition) is 3. The number of sulfonamides is 1. The lowest BCUT2D eigenvalue weighted by molar-refractivity contribution is -0.274. The molecule has 0 spiro atoms. The first-order valence-corrected chi connectivity index (χ1v) is 6.52. The lowest BCUT2D eigenvalue weighted by atomic mass is 10.3. The molecule has 1 rings (SSSR count). The van der Waals surface area contributed by atoms with Crippen molar-refractivity contribution >= 4 is 15.7 Å². The van der Waals surface area contributed by atoms with Gasteiger partial charge in [0.2, 0.25) is 10.0 Å². The van der Waals surface area contributed by atoms with Gasteiger partial charge in [-0.15, -0.1) is 13.2 Å². The summed E-state index contributed by atoms with van der Waals surface area (Å²) >= 11 is 0. The monoisotopic (exact) mass is 283 g/mol. The van der Waals surface area contributed by atoms with Crippen LogP contribution in [0.25, 0.3) is 0 Å². The molecule has 0 aromatic heterocycles. The number of nitrogens with one attached hydrogen (secondary N) is 1. The van der Waals surface area contributed by atoms with Crippen molar-refractivity contribution in [1.29, 1.82) is 0 Å². The first-order valence-electron chi connectivity index (χ1n) is 4.97. The molecule has 0 heterocycles. The van der Waals surface area contributed by atoms with Crippen molar-refractivity contribution in [3.05, 3.63) is 24.3 Å². The second kappa shape index (κ2) is 5.05. The van der Waals surface area contributed by atoms with Crippen LogP contribution in [0.2, 0.25) is 0 Å². The first-order chi connectivity index (χ1) is 8.10. The summed E-state index contributed by atoms with van der Waals surface area (Å²) in [5.74, 6) is -0.480. The summed E-state index contributed by atoms with van der Waals surface area (Å²) in [7, 11) is -3.60. The topological polar surface area (TPSA) is 55.4 Å². The van der Waals surface area contributed by atoms with E-state index in [2.05, 4.69) is 9.46 Å². The predicted molar refractivity (Wildman–Crippen MR) is 60.8 cm³/mol. The number of ether oxygens (including phenoxy) is 1. The normalized spacial score (nSPS) is 12.6. The van der Waals surface area contributed by atoms with Gasteiger partial charge in [-0.25, -0.2) is 8.42 Å². The molecule has 0 amide bonds. The number of benzene rings is 1. The summed E-state index contributed by atoms with van der Waals surface area (Å²) in [6, 6.07) is 4.65. The minimum atomic E-state index is -4.81. The zero-order valence-electron chi connectivity index (χ0n) is 9.65. The molecule has 4 nitrogen and oxygen atoms in total. The van der Waals surface area contributed by atoms with Crippen molar-refractivity contribution in [3.8, 4) is 5.75 Å². The highest BCUT2D eigenvalue weighted by molar-refractivity contribution is 7.93. The van der Waals surface area contributed by atoms with Crippen LogP contribution >= 0.6 is 0 Å². The fourth-order valence-electron chi connectivity index (χ4n) is 1.04. The molecular weight excluding hydrogens is 271 g/mol. The lowest BCUT2D eigenvalue weighted by Crippen LogP contribution is -2.22. The minimum absolute atomic E-state index is 0.0189. The summed E-state index contributed by atoms with van der Waals surface area (Å²) in [5, 5.41) is -0.690. The molecule has 8 heteroatoms. The summed E-state index contributed by atoms with van der Waals surface area (Å²) in [5.41, 5.74) is 0.0189. The Balaban J connectivity index is 2.90. The Bertz CT molecular complexity index is 511. The Morgan fingerprint density at radius 3 is 2.39 bits per heavy atom. The number of halogens is 3. The van der Waals surface area contributed by atoms with Crippen molar-refractivity contribution < 1.29 is 26.3 Å². The average molecular weight is 283 g/mol. The summed E-state index contributed by atoms with van der Waals surface area (Å²) in [4.78, 5) is 0. The molecule has 0 unspecified atom stereocenters. The van der Waals surface area contributed by atoms with Gasteiger partial charge in [0.25, 0.3) is 0 Å². The van der Waals surface area contributed by atoms with Crippen LogP contribution in [-0.2, 0) is 10.0 Å². The first kappa shape index (κ1) is 14.6. The molecule has 1 aromatic rings. The zero-order valence-corrected chi connectivity index (χ0v) is 10.5. The van der Waals surface area contributed by atoms with E-state index in [0.29, 0.717) is 0 Å². The Labute approximate surface area is 103 Å². The smallest absolute Gasteiger partial charge is 0.406 e. The number of rotatable bonds is 4.